The number of methoxy groups -OCH3 is 1. The van der Waals surface area contributed by atoms with Crippen LogP contribution >= 0.6 is 0 Å². The van der Waals surface area contributed by atoms with Crippen LogP contribution in [0.3, 0.4) is 0 Å². The Morgan fingerprint density at radius 1 is 1.24 bits per heavy atom. The number of hydrogen-bond acceptors (Lipinski definition) is 3. The first-order valence-electron chi connectivity index (χ1n) is 6.23. The van der Waals surface area contributed by atoms with Crippen molar-refractivity contribution in [3.63, 3.8) is 0 Å². The number of nitrogens with two attached hydrogens (primary N) is 1. The van der Waals surface area contributed by atoms with Gasteiger partial charge in [0.15, 0.2) is 0 Å². The summed E-state index contributed by atoms with van der Waals surface area (Å²) < 4.78 is 5.10. The van der Waals surface area contributed by atoms with E-state index in [1.165, 1.54) is 11.3 Å². The smallest absolute Gasteiger partial charge is 0.0479 e. The fourth-order valence-corrected chi connectivity index (χ4v) is 1.89. The van der Waals surface area contributed by atoms with Crippen LogP contribution in [0, 0.1) is 0 Å². The molecule has 1 rings (SSSR count). The minimum Gasteiger partial charge on any atom is -0.385 e. The zero-order chi connectivity index (χ0) is 12.7. The van der Waals surface area contributed by atoms with Gasteiger partial charge in [0.2, 0.25) is 0 Å². The van der Waals surface area contributed by atoms with E-state index in [2.05, 4.69) is 43.0 Å². The van der Waals surface area contributed by atoms with Crippen LogP contribution in [-0.2, 0) is 11.3 Å². The van der Waals surface area contributed by atoms with Gasteiger partial charge >= 0.3 is 0 Å². The Balaban J connectivity index is 2.68. The van der Waals surface area contributed by atoms with Crippen molar-refractivity contribution in [3.8, 4) is 0 Å². The van der Waals surface area contributed by atoms with Crippen LogP contribution in [0.4, 0.5) is 5.69 Å². The minimum atomic E-state index is 0.496. The SMILES string of the molecule is COCCCN(c1ccc(CN)cc1)C(C)C. The maximum absolute atomic E-state index is 5.60. The zero-order valence-corrected chi connectivity index (χ0v) is 11.1. The van der Waals surface area contributed by atoms with Crippen LogP contribution in [-0.4, -0.2) is 26.3 Å². The summed E-state index contributed by atoms with van der Waals surface area (Å²) >= 11 is 0. The molecule has 0 saturated carbocycles. The Hall–Kier alpha value is -1.06. The first-order chi connectivity index (χ1) is 8.19. The van der Waals surface area contributed by atoms with E-state index in [0.29, 0.717) is 12.6 Å². The molecule has 0 spiro atoms. The van der Waals surface area contributed by atoms with E-state index in [9.17, 15) is 0 Å². The average molecular weight is 236 g/mol. The molecule has 0 saturated heterocycles. The van der Waals surface area contributed by atoms with Crippen LogP contribution in [0.5, 0.6) is 0 Å². The highest BCUT2D eigenvalue weighted by atomic mass is 16.5. The second-order valence-electron chi connectivity index (χ2n) is 4.50. The molecule has 3 heteroatoms. The van der Waals surface area contributed by atoms with Gasteiger partial charge < -0.3 is 15.4 Å². The van der Waals surface area contributed by atoms with Crippen molar-refractivity contribution in [1.29, 1.82) is 0 Å². The maximum Gasteiger partial charge on any atom is 0.0479 e. The van der Waals surface area contributed by atoms with Gasteiger partial charge in [-0.25, -0.2) is 0 Å². The Morgan fingerprint density at radius 2 is 1.88 bits per heavy atom. The van der Waals surface area contributed by atoms with Gasteiger partial charge in [-0.05, 0) is 38.0 Å². The van der Waals surface area contributed by atoms with E-state index < -0.39 is 0 Å². The fourth-order valence-electron chi connectivity index (χ4n) is 1.89. The topological polar surface area (TPSA) is 38.5 Å². The third-order valence-corrected chi connectivity index (χ3v) is 2.87. The molecule has 0 aliphatic heterocycles. The summed E-state index contributed by atoms with van der Waals surface area (Å²) in [7, 11) is 1.75. The molecule has 0 aromatic heterocycles. The lowest BCUT2D eigenvalue weighted by atomic mass is 10.1. The Morgan fingerprint density at radius 3 is 2.35 bits per heavy atom. The maximum atomic E-state index is 5.60. The summed E-state index contributed by atoms with van der Waals surface area (Å²) in [5.41, 5.74) is 8.04. The largest absolute Gasteiger partial charge is 0.385 e. The lowest BCUT2D eigenvalue weighted by Crippen LogP contribution is -2.32. The molecule has 1 aromatic rings. The number of ether oxygens (including phenoxy) is 1. The third-order valence-electron chi connectivity index (χ3n) is 2.87. The first kappa shape index (κ1) is 14.0. The second kappa shape index (κ2) is 7.30. The molecular formula is C14H24N2O. The highest BCUT2D eigenvalue weighted by Gasteiger charge is 2.09. The molecule has 0 atom stereocenters. The summed E-state index contributed by atoms with van der Waals surface area (Å²) in [6.07, 6.45) is 1.05. The highest BCUT2D eigenvalue weighted by Crippen LogP contribution is 2.18. The summed E-state index contributed by atoms with van der Waals surface area (Å²) in [6, 6.07) is 8.99. The number of anilines is 1. The summed E-state index contributed by atoms with van der Waals surface area (Å²) in [4.78, 5) is 2.39. The lowest BCUT2D eigenvalue weighted by molar-refractivity contribution is 0.195. The van der Waals surface area contributed by atoms with E-state index >= 15 is 0 Å². The number of hydrogen-bond donors (Lipinski definition) is 1. The van der Waals surface area contributed by atoms with E-state index in [0.717, 1.165) is 19.6 Å². The van der Waals surface area contributed by atoms with Crippen molar-refractivity contribution >= 4 is 5.69 Å². The molecule has 0 fully saturated rings. The molecule has 3 nitrogen and oxygen atoms in total. The van der Waals surface area contributed by atoms with Gasteiger partial charge in [-0.2, -0.15) is 0 Å². The Labute approximate surface area is 105 Å². The summed E-state index contributed by atoms with van der Waals surface area (Å²) in [5, 5.41) is 0. The number of benzene rings is 1. The minimum absolute atomic E-state index is 0.496. The van der Waals surface area contributed by atoms with Crippen molar-refractivity contribution in [2.75, 3.05) is 25.2 Å². The van der Waals surface area contributed by atoms with Crippen LogP contribution in [0.15, 0.2) is 24.3 Å². The van der Waals surface area contributed by atoms with Crippen LogP contribution in [0.2, 0.25) is 0 Å². The van der Waals surface area contributed by atoms with Crippen molar-refractivity contribution in [3.05, 3.63) is 29.8 Å². The first-order valence-corrected chi connectivity index (χ1v) is 6.23. The number of nitrogens with zero attached hydrogens (tertiary/aromatic N) is 1. The van der Waals surface area contributed by atoms with Gasteiger partial charge in [-0.15, -0.1) is 0 Å². The molecule has 0 aliphatic rings. The van der Waals surface area contributed by atoms with Crippen LogP contribution < -0.4 is 10.6 Å². The molecule has 1 aromatic carbocycles. The van der Waals surface area contributed by atoms with Gasteiger partial charge in [0.05, 0.1) is 0 Å². The lowest BCUT2D eigenvalue weighted by Gasteiger charge is -2.29. The molecule has 2 N–H and O–H groups in total. The molecule has 0 amide bonds. The molecule has 0 heterocycles. The third kappa shape index (κ3) is 4.36. The molecule has 0 aliphatic carbocycles. The van der Waals surface area contributed by atoms with Crippen LogP contribution in [0.25, 0.3) is 0 Å². The molecule has 0 unspecified atom stereocenters. The van der Waals surface area contributed by atoms with E-state index in [1.54, 1.807) is 7.11 Å². The second-order valence-corrected chi connectivity index (χ2v) is 4.50. The summed E-state index contributed by atoms with van der Waals surface area (Å²) in [6.45, 7) is 6.86. The molecule has 96 valence electrons. The standard InChI is InChI=1S/C14H24N2O/c1-12(2)16(9-4-10-17-3)14-7-5-13(11-15)6-8-14/h5-8,12H,4,9-11,15H2,1-3H3. The molecular weight excluding hydrogens is 212 g/mol. The highest BCUT2D eigenvalue weighted by molar-refractivity contribution is 5.48. The van der Waals surface area contributed by atoms with Gasteiger partial charge in [-0.3, -0.25) is 0 Å². The molecule has 0 bridgehead atoms. The van der Waals surface area contributed by atoms with E-state index in [4.69, 9.17) is 10.5 Å². The van der Waals surface area contributed by atoms with Crippen molar-refractivity contribution in [2.45, 2.75) is 32.9 Å². The predicted molar refractivity (Wildman–Crippen MR) is 73.3 cm³/mol. The van der Waals surface area contributed by atoms with Gasteiger partial charge in [0.1, 0.15) is 0 Å². The summed E-state index contributed by atoms with van der Waals surface area (Å²) in [5.74, 6) is 0. The van der Waals surface area contributed by atoms with Gasteiger partial charge in [-0.1, -0.05) is 12.1 Å². The average Bonchev–Trinajstić information content (AvgIpc) is 2.34. The van der Waals surface area contributed by atoms with Gasteiger partial charge in [0.25, 0.3) is 0 Å². The van der Waals surface area contributed by atoms with Crippen molar-refractivity contribution < 1.29 is 4.74 Å². The predicted octanol–water partition coefficient (Wildman–Crippen LogP) is 2.40. The number of rotatable bonds is 7. The molecule has 0 radical (unpaired) electrons. The fraction of sp³-hybridized carbons (Fsp3) is 0.571. The van der Waals surface area contributed by atoms with Crippen molar-refractivity contribution in [1.82, 2.24) is 0 Å². The van der Waals surface area contributed by atoms with Crippen LogP contribution in [0.1, 0.15) is 25.8 Å². The Kier molecular flexibility index (Phi) is 6.01. The quantitative estimate of drug-likeness (QED) is 0.739. The van der Waals surface area contributed by atoms with E-state index in [1.807, 2.05) is 0 Å². The van der Waals surface area contributed by atoms with Crippen molar-refractivity contribution in [2.24, 2.45) is 5.73 Å². The van der Waals surface area contributed by atoms with Gasteiger partial charge in [0, 0.05) is 38.5 Å². The van der Waals surface area contributed by atoms with E-state index in [-0.39, 0.29) is 0 Å². The normalized spacial score (nSPS) is 10.9. The monoisotopic (exact) mass is 236 g/mol. The molecule has 17 heavy (non-hydrogen) atoms. The zero-order valence-electron chi connectivity index (χ0n) is 11.1. The Bertz CT molecular complexity index is 309.